The van der Waals surface area contributed by atoms with Crippen LogP contribution in [0.25, 0.3) is 11.0 Å². The van der Waals surface area contributed by atoms with Crippen LogP contribution in [0.4, 0.5) is 0 Å². The quantitative estimate of drug-likeness (QED) is 0.433. The molecular weight excluding hydrogens is 406 g/mol. The smallest absolute Gasteiger partial charge is 0.251 e. The van der Waals surface area contributed by atoms with Crippen molar-refractivity contribution in [3.05, 3.63) is 84.2 Å². The summed E-state index contributed by atoms with van der Waals surface area (Å²) in [5.74, 6) is 2.87. The van der Waals surface area contributed by atoms with Crippen LogP contribution in [0.3, 0.4) is 0 Å². The third kappa shape index (κ3) is 4.83. The van der Waals surface area contributed by atoms with E-state index in [0.717, 1.165) is 28.4 Å². The maximum absolute atomic E-state index is 12.6. The lowest BCUT2D eigenvalue weighted by Crippen LogP contribution is -2.25. The van der Waals surface area contributed by atoms with Gasteiger partial charge in [-0.2, -0.15) is 0 Å². The molecule has 0 saturated carbocycles. The molecule has 7 heteroatoms. The van der Waals surface area contributed by atoms with Crippen molar-refractivity contribution < 1.29 is 19.0 Å². The van der Waals surface area contributed by atoms with E-state index in [9.17, 15) is 4.79 Å². The Bertz CT molecular complexity index is 1180. The number of para-hydroxylation sites is 2. The van der Waals surface area contributed by atoms with Gasteiger partial charge in [-0.05, 0) is 60.7 Å². The summed E-state index contributed by atoms with van der Waals surface area (Å²) in [7, 11) is 3.23. The molecule has 1 aromatic heterocycles. The number of rotatable bonds is 9. The zero-order chi connectivity index (χ0) is 22.3. The van der Waals surface area contributed by atoms with Gasteiger partial charge in [0, 0.05) is 5.56 Å². The molecule has 0 spiro atoms. The Morgan fingerprint density at radius 3 is 2.19 bits per heavy atom. The lowest BCUT2D eigenvalue weighted by atomic mass is 10.2. The number of amides is 1. The van der Waals surface area contributed by atoms with Gasteiger partial charge in [0.1, 0.15) is 29.7 Å². The number of aromatic nitrogens is 2. The predicted molar refractivity (Wildman–Crippen MR) is 122 cm³/mol. The summed E-state index contributed by atoms with van der Waals surface area (Å²) in [6.45, 7) is 1.37. The number of nitrogens with zero attached hydrogens (tertiary/aromatic N) is 2. The van der Waals surface area contributed by atoms with Crippen LogP contribution in [-0.4, -0.2) is 36.3 Å². The first kappa shape index (κ1) is 21.2. The number of ether oxygens (including phenoxy) is 3. The summed E-state index contributed by atoms with van der Waals surface area (Å²) in [5.41, 5.74) is 2.45. The molecule has 0 radical (unpaired) electrons. The van der Waals surface area contributed by atoms with Crippen LogP contribution in [0.5, 0.6) is 17.2 Å². The zero-order valence-corrected chi connectivity index (χ0v) is 18.1. The largest absolute Gasteiger partial charge is 0.497 e. The summed E-state index contributed by atoms with van der Waals surface area (Å²) in [6, 6.07) is 22.4. The minimum absolute atomic E-state index is 0.166. The molecule has 0 aliphatic carbocycles. The van der Waals surface area contributed by atoms with Crippen molar-refractivity contribution in [1.82, 2.24) is 14.9 Å². The van der Waals surface area contributed by atoms with E-state index in [1.807, 2.05) is 48.5 Å². The third-order valence-electron chi connectivity index (χ3n) is 5.14. The van der Waals surface area contributed by atoms with Gasteiger partial charge < -0.3 is 24.1 Å². The third-order valence-corrected chi connectivity index (χ3v) is 5.14. The normalized spacial score (nSPS) is 10.7. The molecule has 0 saturated heterocycles. The molecule has 4 rings (SSSR count). The predicted octanol–water partition coefficient (Wildman–Crippen LogP) is 4.06. The van der Waals surface area contributed by atoms with Crippen molar-refractivity contribution in [1.29, 1.82) is 0 Å². The van der Waals surface area contributed by atoms with Gasteiger partial charge in [-0.15, -0.1) is 0 Å². The van der Waals surface area contributed by atoms with Crippen LogP contribution >= 0.6 is 0 Å². The lowest BCUT2D eigenvalue weighted by molar-refractivity contribution is 0.0949. The number of carbonyl (C=O) groups is 1. The van der Waals surface area contributed by atoms with Gasteiger partial charge in [0.25, 0.3) is 5.91 Å². The van der Waals surface area contributed by atoms with Crippen molar-refractivity contribution >= 4 is 16.9 Å². The Balaban J connectivity index is 1.45. The van der Waals surface area contributed by atoms with E-state index in [1.54, 1.807) is 38.5 Å². The Labute approximate surface area is 186 Å². The van der Waals surface area contributed by atoms with Crippen LogP contribution in [-0.2, 0) is 13.1 Å². The van der Waals surface area contributed by atoms with Gasteiger partial charge in [0.2, 0.25) is 0 Å². The van der Waals surface area contributed by atoms with E-state index in [1.165, 1.54) is 0 Å². The number of hydrogen-bond donors (Lipinski definition) is 1. The number of imidazole rings is 1. The van der Waals surface area contributed by atoms with Gasteiger partial charge in [0.05, 0.1) is 38.3 Å². The topological polar surface area (TPSA) is 74.6 Å². The number of methoxy groups -OCH3 is 2. The molecule has 1 N–H and O–H groups in total. The summed E-state index contributed by atoms with van der Waals surface area (Å²) >= 11 is 0. The monoisotopic (exact) mass is 431 g/mol. The molecule has 0 unspecified atom stereocenters. The Morgan fingerprint density at radius 2 is 1.50 bits per heavy atom. The maximum Gasteiger partial charge on any atom is 0.251 e. The Hall–Kier alpha value is -4.00. The molecule has 0 fully saturated rings. The zero-order valence-electron chi connectivity index (χ0n) is 18.1. The second kappa shape index (κ2) is 9.87. The molecule has 0 atom stereocenters. The molecule has 1 heterocycles. The van der Waals surface area contributed by atoms with E-state index >= 15 is 0 Å². The average Bonchev–Trinajstić information content (AvgIpc) is 3.20. The van der Waals surface area contributed by atoms with Crippen LogP contribution in [0.15, 0.2) is 72.8 Å². The van der Waals surface area contributed by atoms with E-state index in [-0.39, 0.29) is 5.91 Å². The summed E-state index contributed by atoms with van der Waals surface area (Å²) in [4.78, 5) is 17.3. The highest BCUT2D eigenvalue weighted by atomic mass is 16.5. The van der Waals surface area contributed by atoms with Crippen LogP contribution in [0.2, 0.25) is 0 Å². The first-order valence-corrected chi connectivity index (χ1v) is 10.3. The molecule has 7 nitrogen and oxygen atoms in total. The number of benzene rings is 3. The fourth-order valence-electron chi connectivity index (χ4n) is 3.44. The highest BCUT2D eigenvalue weighted by Crippen LogP contribution is 2.19. The van der Waals surface area contributed by atoms with Crippen molar-refractivity contribution in [3.63, 3.8) is 0 Å². The summed E-state index contributed by atoms with van der Waals surface area (Å²) in [6.07, 6.45) is 0. The minimum atomic E-state index is -0.166. The molecule has 164 valence electrons. The standard InChI is InChI=1S/C25H25N3O4/c1-30-19-9-7-18(8-10-19)25(29)26-17-24-27-22-5-3-4-6-23(22)28(24)15-16-32-21-13-11-20(31-2)12-14-21/h3-14H,15-17H2,1-2H3,(H,26,29). The maximum atomic E-state index is 12.6. The fourth-order valence-corrected chi connectivity index (χ4v) is 3.44. The second-order valence-electron chi connectivity index (χ2n) is 7.10. The van der Waals surface area contributed by atoms with Crippen LogP contribution < -0.4 is 19.5 Å². The van der Waals surface area contributed by atoms with Crippen LogP contribution in [0, 0.1) is 0 Å². The summed E-state index contributed by atoms with van der Waals surface area (Å²) in [5, 5.41) is 2.96. The molecule has 32 heavy (non-hydrogen) atoms. The summed E-state index contributed by atoms with van der Waals surface area (Å²) < 4.78 is 18.3. The Kier molecular flexibility index (Phi) is 6.55. The van der Waals surface area contributed by atoms with E-state index < -0.39 is 0 Å². The number of nitrogens with one attached hydrogen (secondary N) is 1. The van der Waals surface area contributed by atoms with Gasteiger partial charge in [-0.1, -0.05) is 12.1 Å². The van der Waals surface area contributed by atoms with Gasteiger partial charge in [-0.3, -0.25) is 4.79 Å². The highest BCUT2D eigenvalue weighted by molar-refractivity contribution is 5.94. The first-order chi connectivity index (χ1) is 15.7. The molecule has 0 bridgehead atoms. The average molecular weight is 431 g/mol. The first-order valence-electron chi connectivity index (χ1n) is 10.3. The van der Waals surface area contributed by atoms with Crippen molar-refractivity contribution in [2.75, 3.05) is 20.8 Å². The minimum Gasteiger partial charge on any atom is -0.497 e. The van der Waals surface area contributed by atoms with Crippen molar-refractivity contribution in [2.45, 2.75) is 13.1 Å². The molecular formula is C25H25N3O4. The van der Waals surface area contributed by atoms with E-state index in [0.29, 0.717) is 31.0 Å². The highest BCUT2D eigenvalue weighted by Gasteiger charge is 2.13. The molecule has 4 aromatic rings. The molecule has 1 amide bonds. The van der Waals surface area contributed by atoms with Gasteiger partial charge in [0.15, 0.2) is 0 Å². The van der Waals surface area contributed by atoms with Crippen molar-refractivity contribution in [2.24, 2.45) is 0 Å². The fraction of sp³-hybridized carbons (Fsp3) is 0.200. The van der Waals surface area contributed by atoms with Crippen LogP contribution in [0.1, 0.15) is 16.2 Å². The lowest BCUT2D eigenvalue weighted by Gasteiger charge is -2.12. The number of carbonyl (C=O) groups excluding carboxylic acids is 1. The van der Waals surface area contributed by atoms with Gasteiger partial charge in [-0.25, -0.2) is 4.98 Å². The Morgan fingerprint density at radius 1 is 0.875 bits per heavy atom. The van der Waals surface area contributed by atoms with Gasteiger partial charge >= 0.3 is 0 Å². The number of fused-ring (bicyclic) bond motifs is 1. The molecule has 0 aliphatic rings. The van der Waals surface area contributed by atoms with E-state index in [2.05, 4.69) is 9.88 Å². The van der Waals surface area contributed by atoms with Crippen molar-refractivity contribution in [3.8, 4) is 17.2 Å². The molecule has 0 aliphatic heterocycles. The SMILES string of the molecule is COc1ccc(OCCn2c(CNC(=O)c3ccc(OC)cc3)nc3ccccc32)cc1. The molecule has 3 aromatic carbocycles. The van der Waals surface area contributed by atoms with E-state index in [4.69, 9.17) is 19.2 Å². The second-order valence-corrected chi connectivity index (χ2v) is 7.10. The number of hydrogen-bond acceptors (Lipinski definition) is 5.